The Hall–Kier alpha value is -2.67. The van der Waals surface area contributed by atoms with E-state index in [9.17, 15) is 13.2 Å². The van der Waals surface area contributed by atoms with Gasteiger partial charge >= 0.3 is 5.91 Å². The monoisotopic (exact) mass is 302 g/mol. The molecule has 3 aromatic rings. The Kier molecular flexibility index (Phi) is 3.19. The fourth-order valence-electron chi connectivity index (χ4n) is 1.83. The number of para-hydroxylation sites is 1. The lowest BCUT2D eigenvalue weighted by Gasteiger charge is -2.04. The number of carbonyl (C=O) groups is 1. The number of pyridine rings is 1. The molecule has 1 aromatic carbocycles. The molecular weight excluding hydrogens is 292 g/mol. The maximum atomic E-state index is 12.0. The van der Waals surface area contributed by atoms with E-state index in [2.05, 4.69) is 4.98 Å². The van der Waals surface area contributed by atoms with Crippen molar-refractivity contribution < 1.29 is 17.6 Å². The highest BCUT2D eigenvalue weighted by atomic mass is 32.2. The third kappa shape index (κ3) is 2.63. The van der Waals surface area contributed by atoms with Gasteiger partial charge in [0.25, 0.3) is 10.0 Å². The number of hydrogen-bond acceptors (Lipinski definition) is 5. The number of nitrogens with one attached hydrogen (secondary N) is 1. The number of benzene rings is 1. The van der Waals surface area contributed by atoms with E-state index >= 15 is 0 Å². The van der Waals surface area contributed by atoms with Gasteiger partial charge in [0, 0.05) is 17.8 Å². The lowest BCUT2D eigenvalue weighted by atomic mass is 10.2. The highest BCUT2D eigenvalue weighted by Crippen LogP contribution is 2.19. The van der Waals surface area contributed by atoms with E-state index in [0.29, 0.717) is 5.58 Å². The van der Waals surface area contributed by atoms with Crippen LogP contribution in [-0.2, 0) is 10.0 Å². The Morgan fingerprint density at radius 1 is 1.14 bits per heavy atom. The third-order valence-electron chi connectivity index (χ3n) is 2.82. The van der Waals surface area contributed by atoms with Crippen LogP contribution in [-0.4, -0.2) is 19.3 Å². The number of furan rings is 1. The summed E-state index contributed by atoms with van der Waals surface area (Å²) in [6.07, 6.45) is 2.61. The zero-order valence-electron chi connectivity index (χ0n) is 10.7. The Balaban J connectivity index is 1.89. The van der Waals surface area contributed by atoms with Crippen molar-refractivity contribution in [3.05, 3.63) is 60.6 Å². The highest BCUT2D eigenvalue weighted by Gasteiger charge is 2.21. The molecule has 0 aliphatic carbocycles. The normalized spacial score (nSPS) is 11.4. The average molecular weight is 302 g/mol. The molecule has 3 rings (SSSR count). The second-order valence-corrected chi connectivity index (χ2v) is 5.95. The number of carbonyl (C=O) groups excluding carboxylic acids is 1. The summed E-state index contributed by atoms with van der Waals surface area (Å²) in [6.45, 7) is 0. The molecule has 106 valence electrons. The van der Waals surface area contributed by atoms with Crippen molar-refractivity contribution in [3.63, 3.8) is 0 Å². The molecule has 0 atom stereocenters. The summed E-state index contributed by atoms with van der Waals surface area (Å²) in [5.74, 6) is -0.890. The summed E-state index contributed by atoms with van der Waals surface area (Å²) in [5.41, 5.74) is 0.515. The molecule has 0 bridgehead atoms. The zero-order chi connectivity index (χ0) is 14.9. The minimum absolute atomic E-state index is 0.0661. The van der Waals surface area contributed by atoms with Gasteiger partial charge in [0.2, 0.25) is 0 Å². The molecule has 0 aliphatic heterocycles. The van der Waals surface area contributed by atoms with Crippen molar-refractivity contribution in [2.24, 2.45) is 0 Å². The summed E-state index contributed by atoms with van der Waals surface area (Å²) in [6, 6.07) is 11.3. The van der Waals surface area contributed by atoms with Gasteiger partial charge in [-0.25, -0.2) is 13.1 Å². The Labute approximate surface area is 120 Å². The third-order valence-corrected chi connectivity index (χ3v) is 4.14. The number of hydrogen-bond donors (Lipinski definition) is 1. The van der Waals surface area contributed by atoms with Gasteiger partial charge in [-0.2, -0.15) is 0 Å². The van der Waals surface area contributed by atoms with Crippen LogP contribution < -0.4 is 4.72 Å². The van der Waals surface area contributed by atoms with Crippen molar-refractivity contribution in [2.75, 3.05) is 0 Å². The minimum Gasteiger partial charge on any atom is -0.451 e. The lowest BCUT2D eigenvalue weighted by Crippen LogP contribution is -2.30. The van der Waals surface area contributed by atoms with E-state index in [-0.39, 0.29) is 10.7 Å². The molecule has 2 heterocycles. The van der Waals surface area contributed by atoms with Crippen molar-refractivity contribution in [1.82, 2.24) is 9.71 Å². The van der Waals surface area contributed by atoms with E-state index in [1.54, 1.807) is 24.3 Å². The zero-order valence-corrected chi connectivity index (χ0v) is 11.5. The molecule has 2 aromatic heterocycles. The Morgan fingerprint density at radius 2 is 1.95 bits per heavy atom. The number of aromatic nitrogens is 1. The largest absolute Gasteiger partial charge is 0.451 e. The van der Waals surface area contributed by atoms with Gasteiger partial charge in [0.1, 0.15) is 10.5 Å². The van der Waals surface area contributed by atoms with Crippen molar-refractivity contribution in [3.8, 4) is 0 Å². The van der Waals surface area contributed by atoms with Gasteiger partial charge in [0.05, 0.1) is 0 Å². The van der Waals surface area contributed by atoms with E-state index in [1.807, 2.05) is 4.72 Å². The van der Waals surface area contributed by atoms with Crippen LogP contribution in [0.5, 0.6) is 0 Å². The molecule has 1 N–H and O–H groups in total. The van der Waals surface area contributed by atoms with Crippen LogP contribution in [0.25, 0.3) is 11.0 Å². The molecule has 0 spiro atoms. The van der Waals surface area contributed by atoms with Crippen LogP contribution in [0.4, 0.5) is 0 Å². The van der Waals surface area contributed by atoms with Crippen LogP contribution in [0, 0.1) is 0 Å². The summed E-state index contributed by atoms with van der Waals surface area (Å²) in [5, 5.41) is 0.724. The Morgan fingerprint density at radius 3 is 2.67 bits per heavy atom. The van der Waals surface area contributed by atoms with Crippen LogP contribution in [0.15, 0.2) is 64.2 Å². The number of fused-ring (bicyclic) bond motifs is 1. The predicted molar refractivity (Wildman–Crippen MR) is 75.1 cm³/mol. The number of amides is 1. The van der Waals surface area contributed by atoms with Gasteiger partial charge in [0.15, 0.2) is 5.76 Å². The molecule has 7 heteroatoms. The molecule has 0 aliphatic rings. The fourth-order valence-corrected chi connectivity index (χ4v) is 2.75. The minimum atomic E-state index is -3.97. The number of sulfonamides is 1. The molecule has 0 unspecified atom stereocenters. The van der Waals surface area contributed by atoms with Gasteiger partial charge < -0.3 is 4.42 Å². The van der Waals surface area contributed by atoms with Crippen LogP contribution in [0.3, 0.4) is 0 Å². The molecule has 1 amide bonds. The standard InChI is InChI=1S/C14H10N2O4S/c17-14(13-8-10-4-1-2-6-12(10)20-13)16-21(18,19)11-5-3-7-15-9-11/h1-9H,(H,16,17). The SMILES string of the molecule is O=C(NS(=O)(=O)c1cccnc1)c1cc2ccccc2o1. The van der Waals surface area contributed by atoms with E-state index in [1.165, 1.54) is 24.4 Å². The van der Waals surface area contributed by atoms with Gasteiger partial charge in [-0.1, -0.05) is 18.2 Å². The number of nitrogens with zero attached hydrogens (tertiary/aromatic N) is 1. The smallest absolute Gasteiger partial charge is 0.300 e. The lowest BCUT2D eigenvalue weighted by molar-refractivity contribution is 0.0956. The molecule has 21 heavy (non-hydrogen) atoms. The maximum Gasteiger partial charge on any atom is 0.300 e. The fraction of sp³-hybridized carbons (Fsp3) is 0. The van der Waals surface area contributed by atoms with E-state index in [0.717, 1.165) is 11.6 Å². The highest BCUT2D eigenvalue weighted by molar-refractivity contribution is 7.90. The average Bonchev–Trinajstić information content (AvgIpc) is 2.92. The van der Waals surface area contributed by atoms with E-state index < -0.39 is 15.9 Å². The first-order valence-electron chi connectivity index (χ1n) is 6.02. The predicted octanol–water partition coefficient (Wildman–Crippen LogP) is 1.95. The molecule has 0 saturated heterocycles. The summed E-state index contributed by atoms with van der Waals surface area (Å²) in [4.78, 5) is 15.6. The second kappa shape index (κ2) is 5.02. The quantitative estimate of drug-likeness (QED) is 0.798. The van der Waals surface area contributed by atoms with Gasteiger partial charge in [-0.05, 0) is 24.3 Å². The molecule has 6 nitrogen and oxygen atoms in total. The van der Waals surface area contributed by atoms with Crippen LogP contribution in [0.2, 0.25) is 0 Å². The number of rotatable bonds is 3. The van der Waals surface area contributed by atoms with Crippen LogP contribution in [0.1, 0.15) is 10.6 Å². The van der Waals surface area contributed by atoms with Gasteiger partial charge in [-0.15, -0.1) is 0 Å². The molecule has 0 saturated carbocycles. The molecule has 0 fully saturated rings. The van der Waals surface area contributed by atoms with Crippen LogP contribution >= 0.6 is 0 Å². The first-order valence-corrected chi connectivity index (χ1v) is 7.50. The summed E-state index contributed by atoms with van der Waals surface area (Å²) in [7, 11) is -3.97. The summed E-state index contributed by atoms with van der Waals surface area (Å²) < 4.78 is 31.3. The first kappa shape index (κ1) is 13.3. The molecule has 0 radical (unpaired) electrons. The first-order chi connectivity index (χ1) is 10.1. The van der Waals surface area contributed by atoms with Crippen molar-refractivity contribution >= 4 is 26.9 Å². The van der Waals surface area contributed by atoms with Gasteiger partial charge in [-0.3, -0.25) is 9.78 Å². The van der Waals surface area contributed by atoms with Crippen molar-refractivity contribution in [2.45, 2.75) is 4.90 Å². The Bertz CT molecular complexity index is 868. The molecular formula is C14H10N2O4S. The summed E-state index contributed by atoms with van der Waals surface area (Å²) >= 11 is 0. The topological polar surface area (TPSA) is 89.3 Å². The van der Waals surface area contributed by atoms with Crippen molar-refractivity contribution in [1.29, 1.82) is 0 Å². The van der Waals surface area contributed by atoms with E-state index in [4.69, 9.17) is 4.42 Å². The second-order valence-electron chi connectivity index (χ2n) is 4.27. The maximum absolute atomic E-state index is 12.0.